The number of nitrogens with two attached hydrogens (primary N) is 1. The Kier molecular flexibility index (Phi) is 7.43. The van der Waals surface area contributed by atoms with E-state index in [4.69, 9.17) is 5.73 Å². The lowest BCUT2D eigenvalue weighted by atomic mass is 9.82. The highest BCUT2D eigenvalue weighted by Gasteiger charge is 2.31. The second-order valence-electron chi connectivity index (χ2n) is 14.3. The summed E-state index contributed by atoms with van der Waals surface area (Å²) < 4.78 is 0. The maximum atomic E-state index is 5.98. The van der Waals surface area contributed by atoms with Gasteiger partial charge in [-0.1, -0.05) is 164 Å². The van der Waals surface area contributed by atoms with Crippen molar-refractivity contribution >= 4 is 62.3 Å². The van der Waals surface area contributed by atoms with Crippen molar-refractivity contribution in [3.8, 4) is 66.8 Å². The Bertz CT molecular complexity index is 2970. The molecule has 54 heavy (non-hydrogen) atoms. The first-order valence-corrected chi connectivity index (χ1v) is 18.3. The van der Waals surface area contributed by atoms with Crippen molar-refractivity contribution in [2.45, 2.75) is 0 Å². The molecule has 0 radical (unpaired) electrons. The molecule has 0 spiro atoms. The van der Waals surface area contributed by atoms with Crippen LogP contribution < -0.4 is 5.73 Å². The van der Waals surface area contributed by atoms with E-state index in [1.807, 2.05) is 12.1 Å². The highest BCUT2D eigenvalue weighted by Crippen LogP contribution is 2.58. The Morgan fingerprint density at radius 2 is 0.704 bits per heavy atom. The van der Waals surface area contributed by atoms with Crippen LogP contribution in [0.5, 0.6) is 0 Å². The normalized spacial score (nSPS) is 11.6. The maximum Gasteiger partial charge on any atom is 0.0314 e. The summed E-state index contributed by atoms with van der Waals surface area (Å²) in [5.74, 6) is 0. The van der Waals surface area contributed by atoms with Crippen LogP contribution in [-0.4, -0.2) is 0 Å². The van der Waals surface area contributed by atoms with Crippen molar-refractivity contribution in [2.24, 2.45) is 0 Å². The van der Waals surface area contributed by atoms with Crippen molar-refractivity contribution in [3.63, 3.8) is 0 Å². The van der Waals surface area contributed by atoms with E-state index in [0.29, 0.717) is 0 Å². The molecule has 1 aliphatic rings. The zero-order valence-corrected chi connectivity index (χ0v) is 30.5. The van der Waals surface area contributed by atoms with E-state index < -0.39 is 0 Å². The Balaban J connectivity index is 0.00000361. The van der Waals surface area contributed by atoms with Crippen LogP contribution in [0.25, 0.3) is 110 Å². The molecule has 0 unspecified atom stereocenters. The highest BCUT2D eigenvalue weighted by molar-refractivity contribution is 7.59. The number of rotatable bonds is 4. The molecule has 0 fully saturated rings. The minimum absolute atomic E-state index is 0. The predicted molar refractivity (Wildman–Crippen MR) is 237 cm³/mol. The molecule has 10 aromatic carbocycles. The third-order valence-electron chi connectivity index (χ3n) is 11.3. The number of nitrogen functional groups attached to an aromatic ring is 1. The number of anilines is 1. The zero-order chi connectivity index (χ0) is 35.0. The molecule has 0 amide bonds. The van der Waals surface area contributed by atoms with Crippen molar-refractivity contribution in [1.82, 2.24) is 0 Å². The molecule has 0 saturated heterocycles. The summed E-state index contributed by atoms with van der Waals surface area (Å²) >= 11 is 0. The van der Waals surface area contributed by atoms with Crippen molar-refractivity contribution in [2.75, 3.05) is 5.73 Å². The summed E-state index contributed by atoms with van der Waals surface area (Å²) in [5, 5.41) is 10.1. The van der Waals surface area contributed by atoms with E-state index in [1.165, 1.54) is 104 Å². The Morgan fingerprint density at radius 1 is 0.278 bits per heavy atom. The molecular formula is C52H35NS. The number of hydrogen-bond donors (Lipinski definition) is 1. The minimum atomic E-state index is 0. The van der Waals surface area contributed by atoms with Crippen LogP contribution in [0.1, 0.15) is 0 Å². The van der Waals surface area contributed by atoms with E-state index in [1.54, 1.807) is 0 Å². The monoisotopic (exact) mass is 705 g/mol. The summed E-state index contributed by atoms with van der Waals surface area (Å²) in [6, 6.07) is 69.0. The summed E-state index contributed by atoms with van der Waals surface area (Å²) in [4.78, 5) is 0. The average molecular weight is 706 g/mol. The van der Waals surface area contributed by atoms with Gasteiger partial charge in [-0.25, -0.2) is 0 Å². The standard InChI is InChI=1S/C52H33N.H2S/c53-41-26-24-35(25-27-41)34-16-20-36(21-17-34)42-28-29-47-50-43(42)14-7-15-46(50)51-48(39-22-18-32-8-1-3-10-37(32)30-39)44-12-5-6-13-45(44)49(52(47)51)40-23-19-33-9-2-4-11-38(33)31-40;/h1-31H,53H2;1H2. The third-order valence-corrected chi connectivity index (χ3v) is 11.3. The Labute approximate surface area is 321 Å². The van der Waals surface area contributed by atoms with E-state index in [-0.39, 0.29) is 13.5 Å². The lowest BCUT2D eigenvalue weighted by Crippen LogP contribution is -1.94. The second-order valence-corrected chi connectivity index (χ2v) is 14.3. The van der Waals surface area contributed by atoms with Gasteiger partial charge in [0.25, 0.3) is 0 Å². The minimum Gasteiger partial charge on any atom is -0.399 e. The number of fused-ring (bicyclic) bond motifs is 6. The molecule has 0 bridgehead atoms. The molecule has 1 aliphatic carbocycles. The average Bonchev–Trinajstić information content (AvgIpc) is 3.55. The van der Waals surface area contributed by atoms with Crippen LogP contribution in [0.15, 0.2) is 188 Å². The van der Waals surface area contributed by atoms with Gasteiger partial charge < -0.3 is 5.73 Å². The van der Waals surface area contributed by atoms with Crippen LogP contribution in [0.2, 0.25) is 0 Å². The summed E-state index contributed by atoms with van der Waals surface area (Å²) in [5.41, 5.74) is 21.8. The molecule has 0 atom stereocenters. The largest absolute Gasteiger partial charge is 0.399 e. The van der Waals surface area contributed by atoms with Crippen LogP contribution in [-0.2, 0) is 0 Å². The molecule has 0 heterocycles. The van der Waals surface area contributed by atoms with E-state index in [2.05, 4.69) is 176 Å². The van der Waals surface area contributed by atoms with Gasteiger partial charge in [-0.3, -0.25) is 0 Å². The van der Waals surface area contributed by atoms with Crippen molar-refractivity contribution in [3.05, 3.63) is 188 Å². The fourth-order valence-electron chi connectivity index (χ4n) is 8.86. The maximum absolute atomic E-state index is 5.98. The summed E-state index contributed by atoms with van der Waals surface area (Å²) in [7, 11) is 0. The topological polar surface area (TPSA) is 26.0 Å². The molecule has 0 saturated carbocycles. The van der Waals surface area contributed by atoms with Gasteiger partial charge in [0.05, 0.1) is 0 Å². The molecule has 10 aromatic rings. The van der Waals surface area contributed by atoms with E-state index >= 15 is 0 Å². The fourth-order valence-corrected chi connectivity index (χ4v) is 8.86. The lowest BCUT2D eigenvalue weighted by molar-refractivity contribution is 1.60. The molecule has 2 N–H and O–H groups in total. The molecule has 254 valence electrons. The van der Waals surface area contributed by atoms with Gasteiger partial charge in [0.15, 0.2) is 0 Å². The first-order chi connectivity index (χ1) is 26.2. The number of hydrogen-bond acceptors (Lipinski definition) is 1. The fraction of sp³-hybridized carbons (Fsp3) is 0. The predicted octanol–water partition coefficient (Wildman–Crippen LogP) is 14.3. The molecule has 11 rings (SSSR count). The number of benzene rings is 10. The lowest BCUT2D eigenvalue weighted by Gasteiger charge is -2.21. The third kappa shape index (κ3) is 4.88. The SMILES string of the molecule is Nc1ccc(-c2ccc(-c3ccc4c5c(cccc35)-c3c-4c(-c4ccc5ccccc5c4)c4ccccc4c3-c3ccc4ccccc4c3)cc2)cc1.S. The van der Waals surface area contributed by atoms with Gasteiger partial charge in [0.2, 0.25) is 0 Å². The Morgan fingerprint density at radius 3 is 1.28 bits per heavy atom. The van der Waals surface area contributed by atoms with Gasteiger partial charge >= 0.3 is 0 Å². The molecule has 0 aliphatic heterocycles. The second kappa shape index (κ2) is 12.5. The molecule has 0 aromatic heterocycles. The van der Waals surface area contributed by atoms with Crippen molar-refractivity contribution < 1.29 is 0 Å². The molecular weight excluding hydrogens is 671 g/mol. The van der Waals surface area contributed by atoms with Gasteiger partial charge in [-0.2, -0.15) is 13.5 Å². The van der Waals surface area contributed by atoms with Crippen molar-refractivity contribution in [1.29, 1.82) is 0 Å². The highest BCUT2D eigenvalue weighted by atomic mass is 32.1. The van der Waals surface area contributed by atoms with Gasteiger partial charge in [0.1, 0.15) is 0 Å². The van der Waals surface area contributed by atoms with Gasteiger partial charge in [0, 0.05) is 5.69 Å². The molecule has 2 heteroatoms. The first-order valence-electron chi connectivity index (χ1n) is 18.3. The zero-order valence-electron chi connectivity index (χ0n) is 29.5. The summed E-state index contributed by atoms with van der Waals surface area (Å²) in [6.07, 6.45) is 0. The summed E-state index contributed by atoms with van der Waals surface area (Å²) in [6.45, 7) is 0. The quantitative estimate of drug-likeness (QED) is 0.181. The molecule has 1 nitrogen and oxygen atoms in total. The first kappa shape index (κ1) is 32.1. The van der Waals surface area contributed by atoms with Crippen LogP contribution in [0, 0.1) is 0 Å². The van der Waals surface area contributed by atoms with Gasteiger partial charge in [-0.15, -0.1) is 0 Å². The van der Waals surface area contributed by atoms with Crippen LogP contribution >= 0.6 is 13.5 Å². The van der Waals surface area contributed by atoms with E-state index in [9.17, 15) is 0 Å². The van der Waals surface area contributed by atoms with Crippen LogP contribution in [0.3, 0.4) is 0 Å². The smallest absolute Gasteiger partial charge is 0.0314 e. The Hall–Kier alpha value is -6.61. The van der Waals surface area contributed by atoms with Gasteiger partial charge in [-0.05, 0) is 134 Å². The van der Waals surface area contributed by atoms with E-state index in [0.717, 1.165) is 11.3 Å². The van der Waals surface area contributed by atoms with Crippen LogP contribution in [0.4, 0.5) is 5.69 Å².